The summed E-state index contributed by atoms with van der Waals surface area (Å²) in [6, 6.07) is 15.2. The summed E-state index contributed by atoms with van der Waals surface area (Å²) in [4.78, 5) is 25.3. The van der Waals surface area contributed by atoms with E-state index in [4.69, 9.17) is 4.42 Å². The van der Waals surface area contributed by atoms with Gasteiger partial charge in [0.05, 0.1) is 28.9 Å². The molecule has 2 aromatic carbocycles. The molecule has 0 N–H and O–H groups in total. The minimum absolute atomic E-state index is 0.0694. The highest BCUT2D eigenvalue weighted by Gasteiger charge is 2.34. The highest BCUT2D eigenvalue weighted by atomic mass is 32.2. The molecule has 1 saturated heterocycles. The van der Waals surface area contributed by atoms with Gasteiger partial charge in [0.15, 0.2) is 5.17 Å². The Morgan fingerprint density at radius 3 is 2.66 bits per heavy atom. The van der Waals surface area contributed by atoms with Crippen LogP contribution < -0.4 is 0 Å². The second kappa shape index (κ2) is 9.40. The first kappa shape index (κ1) is 21.2. The van der Waals surface area contributed by atoms with Crippen LogP contribution in [0, 0.1) is 15.9 Å². The molecule has 3 aromatic rings. The van der Waals surface area contributed by atoms with E-state index in [-0.39, 0.29) is 24.0 Å². The first-order chi connectivity index (χ1) is 15.5. The number of thioether (sulfide) groups is 1. The number of carbonyl (C=O) groups excluding carboxylic acids is 1. The lowest BCUT2D eigenvalue weighted by molar-refractivity contribution is -0.384. The molecule has 0 radical (unpaired) electrons. The monoisotopic (exact) mass is 450 g/mol. The zero-order chi connectivity index (χ0) is 22.5. The third kappa shape index (κ3) is 4.98. The lowest BCUT2D eigenvalue weighted by Gasteiger charge is -2.12. The summed E-state index contributed by atoms with van der Waals surface area (Å²) in [7, 11) is 0. The molecule has 0 bridgehead atoms. The van der Waals surface area contributed by atoms with Crippen molar-refractivity contribution in [2.24, 2.45) is 10.2 Å². The SMILES string of the molecule is O=C1/C(=C/c2cccc([N+](=O)[O-])c2)S/C(=N\N=C\c2ccc(F)cc2)N1Cc1ccco1. The Bertz CT molecular complexity index is 1240. The Labute approximate surface area is 185 Å². The molecule has 32 heavy (non-hydrogen) atoms. The summed E-state index contributed by atoms with van der Waals surface area (Å²) in [5.74, 6) is -0.120. The molecule has 1 fully saturated rings. The Hall–Kier alpha value is -4.05. The number of rotatable bonds is 6. The van der Waals surface area contributed by atoms with Gasteiger partial charge in [-0.05, 0) is 53.2 Å². The fourth-order valence-electron chi connectivity index (χ4n) is 2.85. The van der Waals surface area contributed by atoms with Crippen molar-refractivity contribution in [1.82, 2.24) is 4.90 Å². The van der Waals surface area contributed by atoms with E-state index in [9.17, 15) is 19.3 Å². The van der Waals surface area contributed by atoms with Crippen molar-refractivity contribution in [3.05, 3.63) is 105 Å². The van der Waals surface area contributed by atoms with Crippen LogP contribution in [0.15, 0.2) is 86.5 Å². The number of nitro groups is 1. The highest BCUT2D eigenvalue weighted by Crippen LogP contribution is 2.34. The van der Waals surface area contributed by atoms with Crippen LogP contribution in [-0.2, 0) is 11.3 Å². The van der Waals surface area contributed by atoms with E-state index >= 15 is 0 Å². The fraction of sp³-hybridized carbons (Fsp3) is 0.0455. The minimum Gasteiger partial charge on any atom is -0.467 e. The molecule has 0 spiro atoms. The van der Waals surface area contributed by atoms with Gasteiger partial charge in [-0.15, -0.1) is 5.10 Å². The maximum absolute atomic E-state index is 13.0. The van der Waals surface area contributed by atoms with Gasteiger partial charge in [0.2, 0.25) is 0 Å². The van der Waals surface area contributed by atoms with Crippen molar-refractivity contribution in [1.29, 1.82) is 0 Å². The maximum atomic E-state index is 13.0. The maximum Gasteiger partial charge on any atom is 0.270 e. The summed E-state index contributed by atoms with van der Waals surface area (Å²) in [6.45, 7) is 0.149. The molecule has 1 aliphatic rings. The molecule has 4 rings (SSSR count). The number of amidine groups is 1. The molecule has 0 unspecified atom stereocenters. The van der Waals surface area contributed by atoms with Crippen molar-refractivity contribution >= 4 is 40.8 Å². The first-order valence-corrected chi connectivity index (χ1v) is 10.2. The molecule has 0 saturated carbocycles. The van der Waals surface area contributed by atoms with Crippen molar-refractivity contribution < 1.29 is 18.5 Å². The van der Waals surface area contributed by atoms with Crippen LogP contribution in [0.5, 0.6) is 0 Å². The summed E-state index contributed by atoms with van der Waals surface area (Å²) in [5.41, 5.74) is 1.10. The Morgan fingerprint density at radius 2 is 1.94 bits per heavy atom. The lowest BCUT2D eigenvalue weighted by Crippen LogP contribution is -2.28. The lowest BCUT2D eigenvalue weighted by atomic mass is 10.2. The normalized spacial score (nSPS) is 16.5. The molecule has 10 heteroatoms. The predicted molar refractivity (Wildman–Crippen MR) is 119 cm³/mol. The number of nitro benzene ring substituents is 1. The molecule has 0 atom stereocenters. The van der Waals surface area contributed by atoms with E-state index < -0.39 is 4.92 Å². The van der Waals surface area contributed by atoms with Crippen LogP contribution in [-0.4, -0.2) is 27.1 Å². The molecule has 1 amide bonds. The van der Waals surface area contributed by atoms with Gasteiger partial charge in [0, 0.05) is 12.1 Å². The number of hydrogen-bond acceptors (Lipinski definition) is 7. The number of non-ortho nitro benzene ring substituents is 1. The fourth-order valence-corrected chi connectivity index (χ4v) is 3.79. The second-order valence-corrected chi connectivity index (χ2v) is 7.62. The summed E-state index contributed by atoms with van der Waals surface area (Å²) >= 11 is 1.10. The molecular weight excluding hydrogens is 435 g/mol. The smallest absolute Gasteiger partial charge is 0.270 e. The van der Waals surface area contributed by atoms with Gasteiger partial charge < -0.3 is 4.42 Å². The average Bonchev–Trinajstić information content (AvgIpc) is 3.40. The van der Waals surface area contributed by atoms with Crippen LogP contribution in [0.4, 0.5) is 10.1 Å². The van der Waals surface area contributed by atoms with E-state index in [1.54, 1.807) is 42.5 Å². The molecule has 8 nitrogen and oxygen atoms in total. The van der Waals surface area contributed by atoms with Crippen LogP contribution in [0.1, 0.15) is 16.9 Å². The van der Waals surface area contributed by atoms with Crippen molar-refractivity contribution in [2.45, 2.75) is 6.54 Å². The van der Waals surface area contributed by atoms with Crippen LogP contribution >= 0.6 is 11.8 Å². The van der Waals surface area contributed by atoms with Gasteiger partial charge in [-0.2, -0.15) is 5.10 Å². The Balaban J connectivity index is 1.62. The third-order valence-corrected chi connectivity index (χ3v) is 5.38. The number of nitrogens with zero attached hydrogens (tertiary/aromatic N) is 4. The molecule has 1 aliphatic heterocycles. The van der Waals surface area contributed by atoms with E-state index in [1.165, 1.54) is 41.6 Å². The van der Waals surface area contributed by atoms with Crippen LogP contribution in [0.3, 0.4) is 0 Å². The molecular formula is C22H15FN4O4S. The van der Waals surface area contributed by atoms with Gasteiger partial charge in [-0.25, -0.2) is 4.39 Å². The number of halogens is 1. The Kier molecular flexibility index (Phi) is 6.22. The first-order valence-electron chi connectivity index (χ1n) is 9.34. The number of carbonyl (C=O) groups is 1. The highest BCUT2D eigenvalue weighted by molar-refractivity contribution is 8.18. The van der Waals surface area contributed by atoms with E-state index in [0.29, 0.717) is 27.0 Å². The van der Waals surface area contributed by atoms with Crippen LogP contribution in [0.2, 0.25) is 0 Å². The van der Waals surface area contributed by atoms with Gasteiger partial charge in [0.25, 0.3) is 11.6 Å². The quantitative estimate of drug-likeness (QED) is 0.232. The second-order valence-electron chi connectivity index (χ2n) is 6.61. The summed E-state index contributed by atoms with van der Waals surface area (Å²) < 4.78 is 18.4. The predicted octanol–water partition coefficient (Wildman–Crippen LogP) is 4.83. The van der Waals surface area contributed by atoms with Crippen molar-refractivity contribution in [3.8, 4) is 0 Å². The zero-order valence-electron chi connectivity index (χ0n) is 16.4. The topological polar surface area (TPSA) is 101 Å². The number of benzene rings is 2. The van der Waals surface area contributed by atoms with Gasteiger partial charge in [-0.1, -0.05) is 24.3 Å². The summed E-state index contributed by atoms with van der Waals surface area (Å²) in [5, 5.41) is 19.5. The molecule has 2 heterocycles. The van der Waals surface area contributed by atoms with Gasteiger partial charge >= 0.3 is 0 Å². The van der Waals surface area contributed by atoms with E-state index in [1.807, 2.05) is 0 Å². The van der Waals surface area contributed by atoms with Gasteiger partial charge in [0.1, 0.15) is 11.6 Å². The van der Waals surface area contributed by atoms with Crippen LogP contribution in [0.25, 0.3) is 6.08 Å². The number of amides is 1. The zero-order valence-corrected chi connectivity index (χ0v) is 17.2. The van der Waals surface area contributed by atoms with Gasteiger partial charge in [-0.3, -0.25) is 19.8 Å². The standard InChI is InChI=1S/C22H15FN4O4S/c23-17-8-6-15(7-9-17)13-24-25-22-26(14-19-5-2-10-31-19)21(28)20(32-22)12-16-3-1-4-18(11-16)27(29)30/h1-13H,14H2/b20-12-,24-13+,25-22-. The molecule has 1 aromatic heterocycles. The molecule has 0 aliphatic carbocycles. The molecule has 160 valence electrons. The third-order valence-electron chi connectivity index (χ3n) is 4.38. The summed E-state index contributed by atoms with van der Waals surface area (Å²) in [6.07, 6.45) is 4.53. The van der Waals surface area contributed by atoms with E-state index in [0.717, 1.165) is 11.8 Å². The minimum atomic E-state index is -0.494. The van der Waals surface area contributed by atoms with E-state index in [2.05, 4.69) is 10.2 Å². The number of hydrogen-bond donors (Lipinski definition) is 0. The van der Waals surface area contributed by atoms with Crippen molar-refractivity contribution in [3.63, 3.8) is 0 Å². The largest absolute Gasteiger partial charge is 0.467 e. The number of furan rings is 1. The average molecular weight is 450 g/mol. The van der Waals surface area contributed by atoms with Crippen molar-refractivity contribution in [2.75, 3.05) is 0 Å². The Morgan fingerprint density at radius 1 is 1.12 bits per heavy atom.